The highest BCUT2D eigenvalue weighted by molar-refractivity contribution is 6.00. The van der Waals surface area contributed by atoms with Gasteiger partial charge in [-0.1, -0.05) is 141 Å². The van der Waals surface area contributed by atoms with Gasteiger partial charge >= 0.3 is 0 Å². The summed E-state index contributed by atoms with van der Waals surface area (Å²) in [6, 6.07) is 0. The number of ketones is 1. The van der Waals surface area contributed by atoms with Gasteiger partial charge in [-0.05, 0) is 88.9 Å². The molecular formula is C49H72O11. The molecule has 0 radical (unpaired) electrons. The molecule has 0 aliphatic heterocycles. The van der Waals surface area contributed by atoms with Crippen molar-refractivity contribution in [1.29, 1.82) is 0 Å². The maximum atomic E-state index is 12.6. The predicted octanol–water partition coefficient (Wildman–Crippen LogP) is 6.79. The van der Waals surface area contributed by atoms with Crippen LogP contribution in [0.15, 0.2) is 130 Å². The van der Waals surface area contributed by atoms with Crippen molar-refractivity contribution in [2.45, 2.75) is 126 Å². The van der Waals surface area contributed by atoms with Crippen molar-refractivity contribution in [1.82, 2.24) is 0 Å². The number of rotatable bonds is 22. The second kappa shape index (κ2) is 28.2. The fourth-order valence-electron chi connectivity index (χ4n) is 6.41. The number of methoxy groups -OCH3 is 1. The summed E-state index contributed by atoms with van der Waals surface area (Å²) in [5.41, 5.74) is 8.22. The lowest BCUT2D eigenvalue weighted by Crippen LogP contribution is -2.47. The Morgan fingerprint density at radius 3 is 1.72 bits per heavy atom. The molecule has 11 heteroatoms. The minimum absolute atomic E-state index is 0.0742. The van der Waals surface area contributed by atoms with E-state index in [2.05, 4.69) is 135 Å². The van der Waals surface area contributed by atoms with E-state index in [4.69, 9.17) is 30.3 Å². The van der Waals surface area contributed by atoms with E-state index in [1.54, 1.807) is 7.11 Å². The van der Waals surface area contributed by atoms with Crippen LogP contribution in [-0.2, 0) is 23.9 Å². The van der Waals surface area contributed by atoms with Crippen LogP contribution >= 0.6 is 0 Å². The summed E-state index contributed by atoms with van der Waals surface area (Å²) >= 11 is 0. The third-order valence-corrected chi connectivity index (χ3v) is 9.87. The van der Waals surface area contributed by atoms with E-state index >= 15 is 0 Å². The molecule has 0 saturated carbocycles. The quantitative estimate of drug-likeness (QED) is 0.0497. The first-order valence-electron chi connectivity index (χ1n) is 20.0. The molecule has 11 nitrogen and oxygen atoms in total. The van der Waals surface area contributed by atoms with Gasteiger partial charge in [-0.15, -0.1) is 0 Å². The first-order chi connectivity index (χ1) is 28.0. The van der Waals surface area contributed by atoms with Gasteiger partial charge in [0.1, 0.15) is 49.5 Å². The number of ether oxygens (including phenoxy) is 2. The number of hydrogen-bond acceptors (Lipinski definition) is 11. The van der Waals surface area contributed by atoms with Gasteiger partial charge in [-0.25, -0.2) is 0 Å². The summed E-state index contributed by atoms with van der Waals surface area (Å²) in [7, 11) is 1.60. The molecule has 0 saturated heterocycles. The van der Waals surface area contributed by atoms with E-state index in [-0.39, 0.29) is 29.2 Å². The number of carbonyl (C=O) groups excluding carboxylic acids is 3. The molecule has 6 N–H and O–H groups in total. The predicted molar refractivity (Wildman–Crippen MR) is 240 cm³/mol. The van der Waals surface area contributed by atoms with E-state index in [0.29, 0.717) is 19.1 Å². The second-order valence-electron chi connectivity index (χ2n) is 16.6. The number of aldehydes is 1. The average molecular weight is 837 g/mol. The van der Waals surface area contributed by atoms with Gasteiger partial charge in [-0.2, -0.15) is 0 Å². The second-order valence-corrected chi connectivity index (χ2v) is 16.6. The molecule has 60 heavy (non-hydrogen) atoms. The normalized spacial score (nSPS) is 19.8. The summed E-state index contributed by atoms with van der Waals surface area (Å²) in [5, 5.41) is 54.5. The summed E-state index contributed by atoms with van der Waals surface area (Å²) in [6.45, 7) is 21.5. The molecule has 6 unspecified atom stereocenters. The zero-order valence-electron chi connectivity index (χ0n) is 37.8. The summed E-state index contributed by atoms with van der Waals surface area (Å²) < 4.78 is 9.54. The Hall–Kier alpha value is -4.33. The number of aliphatic hydroxyl groups is 6. The van der Waals surface area contributed by atoms with Gasteiger partial charge in [0, 0.05) is 7.11 Å². The maximum absolute atomic E-state index is 12.6. The topological polar surface area (TPSA) is 191 Å². The largest absolute Gasteiger partial charge is 0.465 e. The molecular weight excluding hydrogens is 765 g/mol. The molecule has 0 spiro atoms. The van der Waals surface area contributed by atoms with Crippen molar-refractivity contribution in [2.24, 2.45) is 10.8 Å². The van der Waals surface area contributed by atoms with E-state index in [1.165, 1.54) is 5.57 Å². The lowest BCUT2D eigenvalue weighted by atomic mass is 9.71. The van der Waals surface area contributed by atoms with Crippen molar-refractivity contribution in [3.05, 3.63) is 130 Å². The first-order valence-corrected chi connectivity index (χ1v) is 20.0. The van der Waals surface area contributed by atoms with Crippen LogP contribution in [0.2, 0.25) is 0 Å². The molecule has 0 fully saturated rings. The van der Waals surface area contributed by atoms with Crippen LogP contribution in [-0.4, -0.2) is 106 Å². The standard InChI is InChI=1S/C42H58O4.C7H14O7/c1-30(2)37(41(8,9)27-36(44)29-43)25-23-33(5)21-15-19-31(3)17-13-14-18-32(4)20-16-22-34(6)24-26-38-35(7)40(45)39(46-12)28-42(38,10)11;8-1-4(10)6(12)7(13)5(11)2-14-3-9/h13-26,29,36,39,44H,27-28H2,1-12H3;3-8,10-13H,1-2H2/b14-13+,19-15+,20-16+,25-23+,26-24+,31-17+,32-18+,33-21+,34-22+;. The molecule has 0 aromatic carbocycles. The Balaban J connectivity index is 0.00000211. The van der Waals surface area contributed by atoms with Crippen LogP contribution < -0.4 is 0 Å². The van der Waals surface area contributed by atoms with Crippen molar-refractivity contribution in [2.75, 3.05) is 20.3 Å². The number of Topliss-reactive ketones (excluding diaryl/α,β-unsaturated/α-hetero) is 1. The molecule has 0 aromatic rings. The molecule has 334 valence electrons. The van der Waals surface area contributed by atoms with Gasteiger partial charge < -0.3 is 44.9 Å². The Morgan fingerprint density at radius 2 is 1.25 bits per heavy atom. The van der Waals surface area contributed by atoms with Crippen LogP contribution in [0, 0.1) is 10.8 Å². The molecule has 0 aromatic heterocycles. The molecule has 1 rings (SSSR count). The Bertz CT molecular complexity index is 1740. The van der Waals surface area contributed by atoms with E-state index < -0.39 is 43.7 Å². The first kappa shape index (κ1) is 55.7. The average Bonchev–Trinajstić information content (AvgIpc) is 3.18. The van der Waals surface area contributed by atoms with Crippen LogP contribution in [0.25, 0.3) is 0 Å². The minimum Gasteiger partial charge on any atom is -0.465 e. The van der Waals surface area contributed by atoms with Crippen molar-refractivity contribution >= 4 is 18.5 Å². The van der Waals surface area contributed by atoms with E-state index in [1.807, 2.05) is 31.2 Å². The fourth-order valence-corrected chi connectivity index (χ4v) is 6.41. The molecule has 1 aliphatic rings. The Morgan fingerprint density at radius 1 is 0.767 bits per heavy atom. The number of allylic oxidation sites excluding steroid dienone is 21. The van der Waals surface area contributed by atoms with Crippen molar-refractivity contribution < 1.29 is 54.5 Å². The molecule has 0 amide bonds. The van der Waals surface area contributed by atoms with Crippen LogP contribution in [0.3, 0.4) is 0 Å². The van der Waals surface area contributed by atoms with Gasteiger partial charge in [0.15, 0.2) is 5.78 Å². The maximum Gasteiger partial charge on any atom is 0.293 e. The smallest absolute Gasteiger partial charge is 0.293 e. The number of carbonyl (C=O) groups is 3. The van der Waals surface area contributed by atoms with Gasteiger partial charge in [0.05, 0.1) is 6.61 Å². The lowest BCUT2D eigenvalue weighted by Gasteiger charge is -2.36. The molecule has 0 heterocycles. The van der Waals surface area contributed by atoms with E-state index in [9.17, 15) is 19.5 Å². The highest BCUT2D eigenvalue weighted by Crippen LogP contribution is 2.40. The monoisotopic (exact) mass is 837 g/mol. The Kier molecular flexibility index (Phi) is 26.2. The number of aliphatic hydroxyl groups excluding tert-OH is 6. The SMILES string of the molecule is COC1CC(C)(C)C(/C=C/C(C)=C/C=C/C(C)=C/C=C/C=C(C)/C=C/C=C(C)/C=C/C(=C(C)C)C(C)(C)CC(O)C=O)=C(C)C1=O.O=COCC(O)C(O)C(O)C(O)CO. The van der Waals surface area contributed by atoms with Gasteiger partial charge in [0.2, 0.25) is 0 Å². The summed E-state index contributed by atoms with van der Waals surface area (Å²) in [5.74, 6) is 0.0823. The lowest BCUT2D eigenvalue weighted by molar-refractivity contribution is -0.144. The highest BCUT2D eigenvalue weighted by atomic mass is 16.5. The number of hydrogen-bond donors (Lipinski definition) is 6. The zero-order chi connectivity index (χ0) is 46.2. The Labute approximate surface area is 358 Å². The molecule has 0 bridgehead atoms. The van der Waals surface area contributed by atoms with Crippen LogP contribution in [0.5, 0.6) is 0 Å². The van der Waals surface area contributed by atoms with Crippen LogP contribution in [0.4, 0.5) is 0 Å². The third-order valence-electron chi connectivity index (χ3n) is 9.87. The van der Waals surface area contributed by atoms with Gasteiger partial charge in [0.25, 0.3) is 6.47 Å². The van der Waals surface area contributed by atoms with Gasteiger partial charge in [-0.3, -0.25) is 9.59 Å². The van der Waals surface area contributed by atoms with Crippen LogP contribution in [0.1, 0.15) is 89.0 Å². The summed E-state index contributed by atoms with van der Waals surface area (Å²) in [4.78, 5) is 33.3. The van der Waals surface area contributed by atoms with E-state index in [0.717, 1.165) is 39.0 Å². The minimum atomic E-state index is -1.70. The third kappa shape index (κ3) is 20.8. The summed E-state index contributed by atoms with van der Waals surface area (Å²) in [6.07, 6.45) is 22.8. The fraction of sp³-hybridized carbons (Fsp3) is 0.490. The highest BCUT2D eigenvalue weighted by Gasteiger charge is 2.37. The van der Waals surface area contributed by atoms with Crippen molar-refractivity contribution in [3.8, 4) is 0 Å². The van der Waals surface area contributed by atoms with Crippen molar-refractivity contribution in [3.63, 3.8) is 0 Å². The molecule has 1 aliphatic carbocycles. The molecule has 6 atom stereocenters. The zero-order valence-corrected chi connectivity index (χ0v) is 37.8.